The molecule has 1 unspecified atom stereocenters. The molecule has 1 N–H and O–H groups in total. The van der Waals surface area contributed by atoms with Crippen LogP contribution in [0.3, 0.4) is 0 Å². The van der Waals surface area contributed by atoms with Crippen molar-refractivity contribution in [2.75, 3.05) is 0 Å². The van der Waals surface area contributed by atoms with Gasteiger partial charge in [-0.05, 0) is 29.3 Å². The minimum Gasteiger partial charge on any atom is -0.297 e. The van der Waals surface area contributed by atoms with Gasteiger partial charge in [0.2, 0.25) is 0 Å². The molecule has 72 valence electrons. The summed E-state index contributed by atoms with van der Waals surface area (Å²) in [5.74, 6) is 0. The molecule has 0 amide bonds. The summed E-state index contributed by atoms with van der Waals surface area (Å²) in [4.78, 5) is 24.5. The van der Waals surface area contributed by atoms with Crippen LogP contribution in [-0.4, -0.2) is 9.55 Å². The first-order valence-corrected chi connectivity index (χ1v) is 4.86. The van der Waals surface area contributed by atoms with Crippen LogP contribution in [0, 0.1) is 0 Å². The highest BCUT2D eigenvalue weighted by Crippen LogP contribution is 2.07. The highest BCUT2D eigenvalue weighted by atomic mass is 79.9. The van der Waals surface area contributed by atoms with E-state index >= 15 is 0 Å². The lowest BCUT2D eigenvalue weighted by molar-refractivity contribution is 0.500. The van der Waals surface area contributed by atoms with Gasteiger partial charge in [-0.2, -0.15) is 0 Å². The molecule has 1 aromatic heterocycles. The molecule has 1 heterocycles. The molecular weight excluding hydrogens is 236 g/mol. The fraction of sp³-hybridized carbons (Fsp3) is 0.500. The molecule has 0 bridgehead atoms. The van der Waals surface area contributed by atoms with E-state index in [0.29, 0.717) is 4.47 Å². The highest BCUT2D eigenvalue weighted by molar-refractivity contribution is 9.10. The molecule has 4 nitrogen and oxygen atoms in total. The number of rotatable bonds is 2. The van der Waals surface area contributed by atoms with Crippen molar-refractivity contribution in [1.29, 1.82) is 0 Å². The van der Waals surface area contributed by atoms with Crippen LogP contribution >= 0.6 is 15.9 Å². The molecule has 0 spiro atoms. The largest absolute Gasteiger partial charge is 0.328 e. The normalized spacial score (nSPS) is 12.8. The SMILES string of the molecule is CCC(C)n1cc(Br)c(=O)[nH]c1=O. The number of aromatic amines is 1. The van der Waals surface area contributed by atoms with E-state index in [4.69, 9.17) is 0 Å². The predicted molar refractivity (Wildman–Crippen MR) is 54.0 cm³/mol. The van der Waals surface area contributed by atoms with Gasteiger partial charge >= 0.3 is 5.69 Å². The van der Waals surface area contributed by atoms with E-state index in [0.717, 1.165) is 6.42 Å². The molecule has 13 heavy (non-hydrogen) atoms. The summed E-state index contributed by atoms with van der Waals surface area (Å²) >= 11 is 3.07. The molecule has 1 atom stereocenters. The van der Waals surface area contributed by atoms with Crippen molar-refractivity contribution in [3.8, 4) is 0 Å². The zero-order valence-corrected chi connectivity index (χ0v) is 9.09. The first kappa shape index (κ1) is 10.2. The van der Waals surface area contributed by atoms with E-state index in [2.05, 4.69) is 20.9 Å². The second-order valence-electron chi connectivity index (χ2n) is 2.90. The third-order valence-electron chi connectivity index (χ3n) is 1.99. The van der Waals surface area contributed by atoms with Crippen LogP contribution in [0.2, 0.25) is 0 Å². The Labute approximate surface area is 83.7 Å². The summed E-state index contributed by atoms with van der Waals surface area (Å²) in [6.07, 6.45) is 2.37. The Morgan fingerprint density at radius 1 is 1.62 bits per heavy atom. The van der Waals surface area contributed by atoms with Gasteiger partial charge < -0.3 is 0 Å². The standard InChI is InChI=1S/C8H11BrN2O2/c1-3-5(2)11-4-6(9)7(12)10-8(11)13/h4-5H,3H2,1-2H3,(H,10,12,13). The molecule has 0 aliphatic carbocycles. The Kier molecular flexibility index (Phi) is 3.08. The van der Waals surface area contributed by atoms with Crippen molar-refractivity contribution in [2.45, 2.75) is 26.3 Å². The van der Waals surface area contributed by atoms with Crippen molar-refractivity contribution in [2.24, 2.45) is 0 Å². The average Bonchev–Trinajstić information content (AvgIpc) is 2.10. The Morgan fingerprint density at radius 3 is 2.77 bits per heavy atom. The van der Waals surface area contributed by atoms with Crippen LogP contribution in [0.4, 0.5) is 0 Å². The summed E-state index contributed by atoms with van der Waals surface area (Å²) in [6.45, 7) is 3.91. The van der Waals surface area contributed by atoms with Crippen LogP contribution in [0.1, 0.15) is 26.3 Å². The number of aromatic nitrogens is 2. The van der Waals surface area contributed by atoms with Gasteiger partial charge in [0.15, 0.2) is 0 Å². The highest BCUT2D eigenvalue weighted by Gasteiger charge is 2.06. The molecule has 0 saturated carbocycles. The van der Waals surface area contributed by atoms with Crippen molar-refractivity contribution < 1.29 is 0 Å². The monoisotopic (exact) mass is 246 g/mol. The number of nitrogens with one attached hydrogen (secondary N) is 1. The maximum Gasteiger partial charge on any atom is 0.328 e. The lowest BCUT2D eigenvalue weighted by atomic mass is 10.2. The van der Waals surface area contributed by atoms with Crippen LogP contribution < -0.4 is 11.2 Å². The lowest BCUT2D eigenvalue weighted by Gasteiger charge is -2.11. The number of nitrogens with zero attached hydrogens (tertiary/aromatic N) is 1. The molecule has 5 heteroatoms. The third kappa shape index (κ3) is 2.09. The second-order valence-corrected chi connectivity index (χ2v) is 3.76. The summed E-state index contributed by atoms with van der Waals surface area (Å²) in [7, 11) is 0. The molecule has 0 aliphatic heterocycles. The topological polar surface area (TPSA) is 54.9 Å². The molecule has 0 aliphatic rings. The molecule has 0 fully saturated rings. The lowest BCUT2D eigenvalue weighted by Crippen LogP contribution is -2.31. The second kappa shape index (κ2) is 3.91. The Hall–Kier alpha value is -0.840. The van der Waals surface area contributed by atoms with Crippen molar-refractivity contribution in [3.63, 3.8) is 0 Å². The number of H-pyrrole nitrogens is 1. The van der Waals surface area contributed by atoms with Gasteiger partial charge in [0.1, 0.15) is 0 Å². The smallest absolute Gasteiger partial charge is 0.297 e. The molecule has 0 saturated heterocycles. The number of hydrogen-bond acceptors (Lipinski definition) is 2. The predicted octanol–water partition coefficient (Wildman–Crippen LogP) is 1.27. The Morgan fingerprint density at radius 2 is 2.23 bits per heavy atom. The van der Waals surface area contributed by atoms with Crippen molar-refractivity contribution in [3.05, 3.63) is 31.5 Å². The van der Waals surface area contributed by atoms with E-state index < -0.39 is 0 Å². The van der Waals surface area contributed by atoms with Gasteiger partial charge in [-0.15, -0.1) is 0 Å². The van der Waals surface area contributed by atoms with Gasteiger partial charge in [0, 0.05) is 12.2 Å². The summed E-state index contributed by atoms with van der Waals surface area (Å²) in [6, 6.07) is 0.0978. The molecular formula is C8H11BrN2O2. The molecule has 0 radical (unpaired) electrons. The fourth-order valence-corrected chi connectivity index (χ4v) is 1.30. The van der Waals surface area contributed by atoms with Gasteiger partial charge in [-0.25, -0.2) is 4.79 Å². The molecule has 0 aromatic carbocycles. The van der Waals surface area contributed by atoms with Gasteiger partial charge in [0.05, 0.1) is 4.47 Å². The molecule has 1 aromatic rings. The van der Waals surface area contributed by atoms with Gasteiger partial charge in [0.25, 0.3) is 5.56 Å². The zero-order valence-electron chi connectivity index (χ0n) is 7.50. The Bertz CT molecular complexity index is 407. The number of halogens is 1. The van der Waals surface area contributed by atoms with E-state index in [1.165, 1.54) is 10.8 Å². The third-order valence-corrected chi connectivity index (χ3v) is 2.55. The van der Waals surface area contributed by atoms with Gasteiger partial charge in [-0.3, -0.25) is 14.3 Å². The minimum atomic E-state index is -0.385. The first-order valence-electron chi connectivity index (χ1n) is 4.07. The van der Waals surface area contributed by atoms with Crippen LogP contribution in [0.15, 0.2) is 20.3 Å². The summed E-state index contributed by atoms with van der Waals surface area (Å²) in [5.41, 5.74) is -0.743. The van der Waals surface area contributed by atoms with Crippen LogP contribution in [-0.2, 0) is 0 Å². The fourth-order valence-electron chi connectivity index (χ4n) is 0.985. The van der Waals surface area contributed by atoms with Gasteiger partial charge in [-0.1, -0.05) is 6.92 Å². The molecule has 1 rings (SSSR count). The van der Waals surface area contributed by atoms with E-state index in [9.17, 15) is 9.59 Å². The Balaban J connectivity index is 3.32. The summed E-state index contributed by atoms with van der Waals surface area (Å²) < 4.78 is 1.89. The quantitative estimate of drug-likeness (QED) is 0.855. The van der Waals surface area contributed by atoms with E-state index in [-0.39, 0.29) is 17.3 Å². The van der Waals surface area contributed by atoms with Crippen molar-refractivity contribution in [1.82, 2.24) is 9.55 Å². The van der Waals surface area contributed by atoms with Crippen LogP contribution in [0.5, 0.6) is 0 Å². The summed E-state index contributed by atoms with van der Waals surface area (Å²) in [5, 5.41) is 0. The maximum absolute atomic E-state index is 11.3. The van der Waals surface area contributed by atoms with Crippen LogP contribution in [0.25, 0.3) is 0 Å². The maximum atomic E-state index is 11.3. The zero-order chi connectivity index (χ0) is 10.0. The van der Waals surface area contributed by atoms with E-state index in [1.807, 2.05) is 13.8 Å². The number of hydrogen-bond donors (Lipinski definition) is 1. The average molecular weight is 247 g/mol. The van der Waals surface area contributed by atoms with E-state index in [1.54, 1.807) is 0 Å². The minimum absolute atomic E-state index is 0.0978. The first-order chi connectivity index (χ1) is 6.06. The van der Waals surface area contributed by atoms with Crippen molar-refractivity contribution >= 4 is 15.9 Å².